The summed E-state index contributed by atoms with van der Waals surface area (Å²) in [6, 6.07) is 10.9. The number of ether oxygens (including phenoxy) is 1. The molecule has 28 heavy (non-hydrogen) atoms. The molecule has 7 nitrogen and oxygen atoms in total. The summed E-state index contributed by atoms with van der Waals surface area (Å²) < 4.78 is 5.08. The SMILES string of the molecule is CCc1ccc(N2C[C@@H](C(=O)OCC(=O)Nc3cccnc3Cl)CC2=O)cc1. The minimum absolute atomic E-state index is 0.0599. The standard InChI is InChI=1S/C20H20ClN3O4/c1-2-13-5-7-15(8-6-13)24-11-14(10-18(24)26)20(27)28-12-17(25)23-16-4-3-9-22-19(16)21/h3-9,14H,2,10-12H2,1H3,(H,23,25)/t14-/m0/s1. The molecule has 0 saturated carbocycles. The van der Waals surface area contributed by atoms with Crippen LogP contribution in [0.3, 0.4) is 0 Å². The summed E-state index contributed by atoms with van der Waals surface area (Å²) in [5.41, 5.74) is 2.26. The summed E-state index contributed by atoms with van der Waals surface area (Å²) in [6.45, 7) is 1.83. The van der Waals surface area contributed by atoms with E-state index in [1.807, 2.05) is 24.3 Å². The fraction of sp³-hybridized carbons (Fsp3) is 0.300. The highest BCUT2D eigenvalue weighted by atomic mass is 35.5. The Bertz CT molecular complexity index is 885. The first-order valence-corrected chi connectivity index (χ1v) is 9.32. The molecule has 8 heteroatoms. The molecule has 2 aromatic rings. The lowest BCUT2D eigenvalue weighted by Crippen LogP contribution is -2.28. The number of hydrogen-bond donors (Lipinski definition) is 1. The van der Waals surface area contributed by atoms with E-state index in [2.05, 4.69) is 17.2 Å². The average molecular weight is 402 g/mol. The second kappa shape index (κ2) is 8.84. The van der Waals surface area contributed by atoms with E-state index in [1.165, 1.54) is 11.8 Å². The van der Waals surface area contributed by atoms with Gasteiger partial charge in [-0.2, -0.15) is 0 Å². The number of nitrogens with one attached hydrogen (secondary N) is 1. The smallest absolute Gasteiger partial charge is 0.311 e. The van der Waals surface area contributed by atoms with Crippen LogP contribution in [0, 0.1) is 5.92 Å². The maximum Gasteiger partial charge on any atom is 0.311 e. The van der Waals surface area contributed by atoms with Gasteiger partial charge in [-0.1, -0.05) is 30.7 Å². The zero-order valence-electron chi connectivity index (χ0n) is 15.4. The Balaban J connectivity index is 1.52. The number of pyridine rings is 1. The van der Waals surface area contributed by atoms with E-state index in [0.29, 0.717) is 5.69 Å². The third-order valence-corrected chi connectivity index (χ3v) is 4.79. The first-order chi connectivity index (χ1) is 13.5. The number of hydrogen-bond acceptors (Lipinski definition) is 5. The van der Waals surface area contributed by atoms with Crippen molar-refractivity contribution in [3.63, 3.8) is 0 Å². The van der Waals surface area contributed by atoms with Gasteiger partial charge in [-0.05, 0) is 36.2 Å². The highest BCUT2D eigenvalue weighted by molar-refractivity contribution is 6.32. The van der Waals surface area contributed by atoms with Crippen LogP contribution in [0.15, 0.2) is 42.6 Å². The van der Waals surface area contributed by atoms with Crippen LogP contribution < -0.4 is 10.2 Å². The molecule has 3 rings (SSSR count). The Morgan fingerprint density at radius 3 is 2.71 bits per heavy atom. The van der Waals surface area contributed by atoms with Gasteiger partial charge in [-0.3, -0.25) is 14.4 Å². The summed E-state index contributed by atoms with van der Waals surface area (Å²) in [5.74, 6) is -1.85. The number of nitrogens with zero attached hydrogens (tertiary/aromatic N) is 2. The van der Waals surface area contributed by atoms with Gasteiger partial charge in [-0.25, -0.2) is 4.98 Å². The second-order valence-corrected chi connectivity index (χ2v) is 6.78. The van der Waals surface area contributed by atoms with E-state index in [1.54, 1.807) is 17.0 Å². The average Bonchev–Trinajstić information content (AvgIpc) is 3.10. The van der Waals surface area contributed by atoms with Gasteiger partial charge in [0, 0.05) is 24.8 Å². The number of halogens is 1. The summed E-state index contributed by atoms with van der Waals surface area (Å²) in [4.78, 5) is 41.9. The van der Waals surface area contributed by atoms with Crippen molar-refractivity contribution in [2.45, 2.75) is 19.8 Å². The molecule has 2 amide bonds. The van der Waals surface area contributed by atoms with E-state index < -0.39 is 24.4 Å². The number of benzene rings is 1. The van der Waals surface area contributed by atoms with Crippen molar-refractivity contribution in [1.82, 2.24) is 4.98 Å². The quantitative estimate of drug-likeness (QED) is 0.594. The van der Waals surface area contributed by atoms with Crippen molar-refractivity contribution in [1.29, 1.82) is 0 Å². The van der Waals surface area contributed by atoms with Gasteiger partial charge in [0.2, 0.25) is 5.91 Å². The van der Waals surface area contributed by atoms with Crippen molar-refractivity contribution >= 4 is 40.8 Å². The predicted molar refractivity (Wildman–Crippen MR) is 105 cm³/mol. The van der Waals surface area contributed by atoms with Crippen LogP contribution in [0.4, 0.5) is 11.4 Å². The number of esters is 1. The summed E-state index contributed by atoms with van der Waals surface area (Å²) in [5, 5.41) is 2.67. The molecule has 1 saturated heterocycles. The summed E-state index contributed by atoms with van der Waals surface area (Å²) in [7, 11) is 0. The van der Waals surface area contributed by atoms with E-state index in [9.17, 15) is 14.4 Å². The van der Waals surface area contributed by atoms with Gasteiger partial charge in [-0.15, -0.1) is 0 Å². The van der Waals surface area contributed by atoms with Crippen molar-refractivity contribution in [2.24, 2.45) is 5.92 Å². The first-order valence-electron chi connectivity index (χ1n) is 8.94. The molecule has 1 aromatic carbocycles. The van der Waals surface area contributed by atoms with E-state index in [-0.39, 0.29) is 24.0 Å². The van der Waals surface area contributed by atoms with Crippen LogP contribution in [-0.2, 0) is 25.5 Å². The van der Waals surface area contributed by atoms with Crippen molar-refractivity contribution in [3.05, 3.63) is 53.3 Å². The topological polar surface area (TPSA) is 88.6 Å². The van der Waals surface area contributed by atoms with Crippen LogP contribution in [0.5, 0.6) is 0 Å². The Morgan fingerprint density at radius 2 is 2.04 bits per heavy atom. The van der Waals surface area contributed by atoms with Gasteiger partial charge in [0.15, 0.2) is 11.8 Å². The Kier molecular flexibility index (Phi) is 6.26. The third kappa shape index (κ3) is 4.67. The summed E-state index contributed by atoms with van der Waals surface area (Å²) in [6.07, 6.45) is 2.47. The molecule has 0 unspecified atom stereocenters. The number of carbonyl (C=O) groups is 3. The van der Waals surface area contributed by atoms with Crippen LogP contribution >= 0.6 is 11.6 Å². The number of amides is 2. The monoisotopic (exact) mass is 401 g/mol. The number of anilines is 2. The van der Waals surface area contributed by atoms with Gasteiger partial charge < -0.3 is 15.0 Å². The van der Waals surface area contributed by atoms with Crippen LogP contribution in [-0.4, -0.2) is 35.9 Å². The fourth-order valence-electron chi connectivity index (χ4n) is 2.95. The maximum atomic E-state index is 12.3. The molecule has 1 N–H and O–H groups in total. The van der Waals surface area contributed by atoms with Gasteiger partial charge in [0.1, 0.15) is 0 Å². The molecule has 1 atom stereocenters. The lowest BCUT2D eigenvalue weighted by atomic mass is 10.1. The zero-order chi connectivity index (χ0) is 20.1. The first kappa shape index (κ1) is 19.8. The second-order valence-electron chi connectivity index (χ2n) is 6.42. The molecule has 1 fully saturated rings. The van der Waals surface area contributed by atoms with Crippen molar-refractivity contribution < 1.29 is 19.1 Å². The highest BCUT2D eigenvalue weighted by Crippen LogP contribution is 2.26. The number of carbonyl (C=O) groups excluding carboxylic acids is 3. The van der Waals surface area contributed by atoms with Gasteiger partial charge >= 0.3 is 5.97 Å². The van der Waals surface area contributed by atoms with Crippen molar-refractivity contribution in [3.8, 4) is 0 Å². The van der Waals surface area contributed by atoms with E-state index >= 15 is 0 Å². The molecule has 146 valence electrons. The molecule has 0 radical (unpaired) electrons. The largest absolute Gasteiger partial charge is 0.455 e. The third-order valence-electron chi connectivity index (χ3n) is 4.49. The molecule has 0 spiro atoms. The van der Waals surface area contributed by atoms with Crippen LogP contribution in [0.25, 0.3) is 0 Å². The van der Waals surface area contributed by atoms with Crippen LogP contribution in [0.2, 0.25) is 5.15 Å². The zero-order valence-corrected chi connectivity index (χ0v) is 16.1. The molecule has 1 aromatic heterocycles. The molecule has 0 aliphatic carbocycles. The number of rotatable bonds is 6. The number of aromatic nitrogens is 1. The predicted octanol–water partition coefficient (Wildman–Crippen LogP) is 2.83. The minimum atomic E-state index is -0.604. The molecule has 1 aliphatic heterocycles. The van der Waals surface area contributed by atoms with E-state index in [0.717, 1.165) is 12.1 Å². The Labute approximate surface area is 167 Å². The molecule has 0 bridgehead atoms. The maximum absolute atomic E-state index is 12.3. The lowest BCUT2D eigenvalue weighted by Gasteiger charge is -2.17. The molecular formula is C20H20ClN3O4. The summed E-state index contributed by atoms with van der Waals surface area (Å²) >= 11 is 5.87. The Morgan fingerprint density at radius 1 is 1.29 bits per heavy atom. The van der Waals surface area contributed by atoms with Gasteiger partial charge in [0.05, 0.1) is 11.6 Å². The van der Waals surface area contributed by atoms with Gasteiger partial charge in [0.25, 0.3) is 5.91 Å². The number of aryl methyl sites for hydroxylation is 1. The lowest BCUT2D eigenvalue weighted by molar-refractivity contribution is -0.151. The highest BCUT2D eigenvalue weighted by Gasteiger charge is 2.36. The minimum Gasteiger partial charge on any atom is -0.455 e. The molecule has 2 heterocycles. The normalized spacial score (nSPS) is 16.1. The molecular weight excluding hydrogens is 382 g/mol. The Hall–Kier alpha value is -2.93. The van der Waals surface area contributed by atoms with Crippen molar-refractivity contribution in [2.75, 3.05) is 23.4 Å². The van der Waals surface area contributed by atoms with E-state index in [4.69, 9.17) is 16.3 Å². The molecule has 1 aliphatic rings. The van der Waals surface area contributed by atoms with Crippen LogP contribution in [0.1, 0.15) is 18.9 Å². The fourth-order valence-corrected chi connectivity index (χ4v) is 3.11.